The Balaban J connectivity index is 1.98. The Bertz CT molecular complexity index is 867. The van der Waals surface area contributed by atoms with E-state index in [-0.39, 0.29) is 5.97 Å². The van der Waals surface area contributed by atoms with Crippen molar-refractivity contribution in [1.29, 1.82) is 0 Å². The summed E-state index contributed by atoms with van der Waals surface area (Å²) in [6.45, 7) is 10.0. The lowest BCUT2D eigenvalue weighted by atomic mass is 9.95. The molecule has 0 aliphatic carbocycles. The van der Waals surface area contributed by atoms with Gasteiger partial charge in [0.25, 0.3) is 0 Å². The summed E-state index contributed by atoms with van der Waals surface area (Å²) in [5.74, 6) is 0.654. The van der Waals surface area contributed by atoms with Crippen molar-refractivity contribution < 1.29 is 9.53 Å². The average Bonchev–Trinajstić information content (AvgIpc) is 2.91. The highest BCUT2D eigenvalue weighted by molar-refractivity contribution is 5.91. The van der Waals surface area contributed by atoms with Gasteiger partial charge in [-0.2, -0.15) is 5.10 Å². The average molecular weight is 354 g/mol. The maximum atomic E-state index is 12.2. The lowest BCUT2D eigenvalue weighted by molar-refractivity contribution is 0.0517. The lowest BCUT2D eigenvalue weighted by Gasteiger charge is -2.32. The van der Waals surface area contributed by atoms with Crippen LogP contribution in [-0.4, -0.2) is 40.4 Å². The maximum Gasteiger partial charge on any atom is 0.359 e. The van der Waals surface area contributed by atoms with Crippen LogP contribution in [0.5, 0.6) is 0 Å². The third-order valence-electron chi connectivity index (χ3n) is 4.94. The van der Waals surface area contributed by atoms with E-state index in [0.29, 0.717) is 12.3 Å². The van der Waals surface area contributed by atoms with Crippen molar-refractivity contribution in [2.45, 2.75) is 34.1 Å². The second-order valence-corrected chi connectivity index (χ2v) is 6.74. The molecule has 1 aliphatic rings. The van der Waals surface area contributed by atoms with Crippen molar-refractivity contribution in [2.75, 3.05) is 24.6 Å². The molecule has 0 radical (unpaired) electrons. The molecule has 1 aliphatic heterocycles. The highest BCUT2D eigenvalue weighted by Gasteiger charge is 2.27. The van der Waals surface area contributed by atoms with E-state index in [4.69, 9.17) is 4.74 Å². The highest BCUT2D eigenvalue weighted by atomic mass is 16.5. The van der Waals surface area contributed by atoms with E-state index >= 15 is 0 Å². The molecule has 0 fully saturated rings. The molecule has 0 spiro atoms. The minimum Gasteiger partial charge on any atom is -0.461 e. The quantitative estimate of drug-likeness (QED) is 0.789. The van der Waals surface area contributed by atoms with Crippen LogP contribution in [0.4, 0.5) is 5.82 Å². The van der Waals surface area contributed by atoms with E-state index in [0.717, 1.165) is 36.6 Å². The van der Waals surface area contributed by atoms with Crippen LogP contribution in [0.2, 0.25) is 0 Å². The summed E-state index contributed by atoms with van der Waals surface area (Å²) in [5.41, 5.74) is 5.99. The number of pyridine rings is 1. The minimum absolute atomic E-state index is 0.346. The summed E-state index contributed by atoms with van der Waals surface area (Å²) in [6, 6.07) is 4.04. The third-order valence-corrected chi connectivity index (χ3v) is 4.94. The molecule has 6 nitrogen and oxygen atoms in total. The molecule has 0 N–H and O–H groups in total. The van der Waals surface area contributed by atoms with Crippen molar-refractivity contribution in [3.8, 4) is 0 Å². The van der Waals surface area contributed by atoms with Gasteiger partial charge < -0.3 is 9.64 Å². The second kappa shape index (κ2) is 7.32. The van der Waals surface area contributed by atoms with Gasteiger partial charge >= 0.3 is 5.97 Å². The maximum absolute atomic E-state index is 12.2. The molecule has 3 rings (SSSR count). The van der Waals surface area contributed by atoms with Gasteiger partial charge in [-0.05, 0) is 51.3 Å². The van der Waals surface area contributed by atoms with Crippen molar-refractivity contribution in [3.05, 3.63) is 46.4 Å². The first-order chi connectivity index (χ1) is 12.4. The Morgan fingerprint density at radius 2 is 2.08 bits per heavy atom. The molecule has 2 aromatic heterocycles. The fourth-order valence-electron chi connectivity index (χ4n) is 3.57. The molecule has 3 heterocycles. The summed E-state index contributed by atoms with van der Waals surface area (Å²) in [6.07, 6.45) is 2.80. The van der Waals surface area contributed by atoms with Crippen molar-refractivity contribution in [2.24, 2.45) is 7.05 Å². The molecule has 0 bridgehead atoms. The predicted octanol–water partition coefficient (Wildman–Crippen LogP) is 3.29. The van der Waals surface area contributed by atoms with Crippen molar-refractivity contribution in [1.82, 2.24) is 14.8 Å². The Morgan fingerprint density at radius 1 is 1.31 bits per heavy atom. The fourth-order valence-corrected chi connectivity index (χ4v) is 3.57. The molecule has 0 unspecified atom stereocenters. The molecule has 138 valence electrons. The molecule has 0 saturated carbocycles. The van der Waals surface area contributed by atoms with Gasteiger partial charge in [-0.1, -0.05) is 11.6 Å². The summed E-state index contributed by atoms with van der Waals surface area (Å²) >= 11 is 0. The molecular weight excluding hydrogens is 328 g/mol. The molecule has 0 amide bonds. The molecular formula is C20H26N4O2. The zero-order chi connectivity index (χ0) is 18.8. The molecule has 0 aromatic carbocycles. The van der Waals surface area contributed by atoms with Gasteiger partial charge in [0, 0.05) is 31.9 Å². The van der Waals surface area contributed by atoms with Crippen LogP contribution < -0.4 is 4.90 Å². The summed E-state index contributed by atoms with van der Waals surface area (Å²) < 4.78 is 6.95. The Kier molecular flexibility index (Phi) is 5.11. The number of hydrogen-bond acceptors (Lipinski definition) is 5. The number of rotatable bonds is 4. The van der Waals surface area contributed by atoms with Crippen LogP contribution in [0.1, 0.15) is 47.6 Å². The van der Waals surface area contributed by atoms with Crippen LogP contribution in [0, 0.1) is 13.8 Å². The predicted molar refractivity (Wildman–Crippen MR) is 102 cm³/mol. The topological polar surface area (TPSA) is 60.2 Å². The Labute approximate surface area is 154 Å². The number of carbonyl (C=O) groups excluding carboxylic acids is 1. The number of carbonyl (C=O) groups is 1. The lowest BCUT2D eigenvalue weighted by Crippen LogP contribution is -2.32. The number of hydrogen-bond donors (Lipinski definition) is 0. The summed E-state index contributed by atoms with van der Waals surface area (Å²) in [7, 11) is 1.89. The van der Waals surface area contributed by atoms with Gasteiger partial charge in [0.05, 0.1) is 12.3 Å². The summed E-state index contributed by atoms with van der Waals surface area (Å²) in [5, 5.41) is 4.43. The van der Waals surface area contributed by atoms with E-state index < -0.39 is 0 Å². The Hall–Kier alpha value is -2.63. The molecule has 26 heavy (non-hydrogen) atoms. The van der Waals surface area contributed by atoms with E-state index in [9.17, 15) is 4.79 Å². The molecule has 6 heteroatoms. The van der Waals surface area contributed by atoms with E-state index in [1.807, 2.05) is 26.2 Å². The Morgan fingerprint density at radius 3 is 2.77 bits per heavy atom. The second-order valence-electron chi connectivity index (χ2n) is 6.74. The van der Waals surface area contributed by atoms with Gasteiger partial charge in [0.2, 0.25) is 0 Å². The largest absolute Gasteiger partial charge is 0.461 e. The number of esters is 1. The van der Waals surface area contributed by atoms with Crippen molar-refractivity contribution >= 4 is 17.4 Å². The normalized spacial score (nSPS) is 14.7. The summed E-state index contributed by atoms with van der Waals surface area (Å²) in [4.78, 5) is 19.1. The van der Waals surface area contributed by atoms with Crippen LogP contribution in [0.15, 0.2) is 23.9 Å². The standard InChI is InChI=1S/C20H26N4O2/c1-6-26-20(25)17-15(4)18(23(5)22-17)16-12-24(11-9-13(16)2)19-14(3)8-7-10-21-19/h7-8,10H,6,9,11-12H2,1-5H3. The fraction of sp³-hybridized carbons (Fsp3) is 0.450. The van der Waals surface area contributed by atoms with Crippen LogP contribution in [0.25, 0.3) is 5.57 Å². The number of aryl methyl sites for hydroxylation is 2. The van der Waals surface area contributed by atoms with Gasteiger partial charge in [-0.15, -0.1) is 0 Å². The van der Waals surface area contributed by atoms with Gasteiger partial charge in [0.15, 0.2) is 5.69 Å². The van der Waals surface area contributed by atoms with E-state index in [1.165, 1.54) is 16.7 Å². The first kappa shape index (κ1) is 18.2. The first-order valence-corrected chi connectivity index (χ1v) is 9.00. The number of aromatic nitrogens is 3. The SMILES string of the molecule is CCOC(=O)c1nn(C)c(C2=C(C)CCN(c3ncccc3C)C2)c1C. The smallest absolute Gasteiger partial charge is 0.359 e. The molecule has 0 saturated heterocycles. The van der Waals surface area contributed by atoms with Gasteiger partial charge in [0.1, 0.15) is 5.82 Å². The number of ether oxygens (including phenoxy) is 1. The molecule has 0 atom stereocenters. The first-order valence-electron chi connectivity index (χ1n) is 9.00. The van der Waals surface area contributed by atoms with Crippen LogP contribution in [0.3, 0.4) is 0 Å². The number of anilines is 1. The number of nitrogens with zero attached hydrogens (tertiary/aromatic N) is 4. The van der Waals surface area contributed by atoms with Crippen molar-refractivity contribution in [3.63, 3.8) is 0 Å². The highest BCUT2D eigenvalue weighted by Crippen LogP contribution is 2.32. The van der Waals surface area contributed by atoms with E-state index in [2.05, 4.69) is 34.9 Å². The van der Waals surface area contributed by atoms with Crippen LogP contribution >= 0.6 is 0 Å². The monoisotopic (exact) mass is 354 g/mol. The van der Waals surface area contributed by atoms with Crippen LogP contribution in [-0.2, 0) is 11.8 Å². The minimum atomic E-state index is -0.363. The van der Waals surface area contributed by atoms with Gasteiger partial charge in [-0.3, -0.25) is 4.68 Å². The molecule has 2 aromatic rings. The zero-order valence-corrected chi connectivity index (χ0v) is 16.2. The third kappa shape index (κ3) is 3.23. The van der Waals surface area contributed by atoms with Gasteiger partial charge in [-0.25, -0.2) is 9.78 Å². The van der Waals surface area contributed by atoms with E-state index in [1.54, 1.807) is 11.6 Å². The zero-order valence-electron chi connectivity index (χ0n) is 16.2.